The molecule has 4 aliphatic rings. The first-order valence-electron chi connectivity index (χ1n) is 47.2. The molecule has 12 aromatic heterocycles. The molecule has 1 unspecified atom stereocenters. The van der Waals surface area contributed by atoms with Crippen LogP contribution in [-0.4, -0.2) is 128 Å². The molecule has 716 valence electrons. The van der Waals surface area contributed by atoms with Crippen molar-refractivity contribution in [1.29, 1.82) is 0 Å². The van der Waals surface area contributed by atoms with Crippen LogP contribution in [0.3, 0.4) is 0 Å². The van der Waals surface area contributed by atoms with E-state index in [1.807, 2.05) is 176 Å². The number of nitrogens with zero attached hydrogens (tertiary/aromatic N) is 14. The minimum absolute atomic E-state index is 0.0647. The maximum atomic E-state index is 13.6. The Kier molecular flexibility index (Phi) is 23.1. The summed E-state index contributed by atoms with van der Waals surface area (Å²) in [5, 5.41) is 31.0. The molecule has 1 amide bonds. The SMILES string of the molecule is CC1=NCC(C)=C1c1cc(-c2c(C)noc2C)cc2[nH]c(C3CC3(F)F)nc12.Cc1ccc2ncccc2c1-c1cc(-c2c(C)noc2C)cc2[nH]c(NS(=O)(=O)C3CC3)nc12.Cc1nc2c(-c3c(C)ccc4ccccc34)cc(-c3c(C)noc3C)cc2[nH]1.Cc1nc2c(-c3c(C)cnn3C)cc(-c3c(C)noc3C)cc2[nH]1.Cc1nc2c(-c3cccc4c3CCC(=O)N4)cc(-c3c(C)noc3C)cc2[nH]1. The van der Waals surface area contributed by atoms with Crippen molar-refractivity contribution in [2.45, 2.75) is 174 Å². The summed E-state index contributed by atoms with van der Waals surface area (Å²) in [6.45, 7) is 36.2. The number of nitrogens with one attached hydrogen (secondary N) is 7. The number of halogens is 2. The highest BCUT2D eigenvalue weighted by molar-refractivity contribution is 7.93. The van der Waals surface area contributed by atoms with Crippen LogP contribution in [0.4, 0.5) is 20.4 Å². The molecular weight excluding hydrogens is 1810 g/mol. The van der Waals surface area contributed by atoms with Crippen LogP contribution in [0.5, 0.6) is 0 Å². The van der Waals surface area contributed by atoms with Crippen molar-refractivity contribution in [1.82, 2.24) is 90.4 Å². The topological polar surface area (TPSA) is 392 Å². The van der Waals surface area contributed by atoms with Crippen molar-refractivity contribution in [3.63, 3.8) is 0 Å². The lowest BCUT2D eigenvalue weighted by Crippen LogP contribution is -2.19. The molecule has 14 heterocycles. The molecule has 1 atom stereocenters. The lowest BCUT2D eigenvalue weighted by atomic mass is 9.90. The van der Waals surface area contributed by atoms with E-state index in [9.17, 15) is 22.0 Å². The van der Waals surface area contributed by atoms with Gasteiger partial charge in [0.25, 0.3) is 5.92 Å². The monoisotopic (exact) mass is 1920 g/mol. The molecule has 0 spiro atoms. The number of allylic oxidation sites excluding steroid dienone is 1. The number of sulfonamides is 1. The molecule has 2 saturated carbocycles. The number of aliphatic imine (C=N–C) groups is 1. The number of aryl methyl sites for hydroxylation is 17. The van der Waals surface area contributed by atoms with Gasteiger partial charge in [0.1, 0.15) is 52.1 Å². The maximum absolute atomic E-state index is 13.6. The summed E-state index contributed by atoms with van der Waals surface area (Å²) in [6, 6.07) is 47.8. The van der Waals surface area contributed by atoms with Crippen LogP contribution in [-0.2, 0) is 28.3 Å². The van der Waals surface area contributed by atoms with Gasteiger partial charge < -0.3 is 52.9 Å². The zero-order valence-electron chi connectivity index (χ0n) is 82.0. The van der Waals surface area contributed by atoms with E-state index in [4.69, 9.17) is 37.6 Å². The molecule has 2 aliphatic carbocycles. The van der Waals surface area contributed by atoms with Crippen LogP contribution in [0.25, 0.3) is 183 Å². The second-order valence-electron chi connectivity index (χ2n) is 37.7. The normalized spacial score (nSPS) is 14.4. The Bertz CT molecular complexity index is 8820. The number of amides is 1. The number of rotatable bonds is 14. The minimum atomic E-state index is -3.45. The van der Waals surface area contributed by atoms with Crippen LogP contribution < -0.4 is 10.0 Å². The number of hydrogen-bond donors (Lipinski definition) is 7. The quantitative estimate of drug-likeness (QED) is 0.0531. The van der Waals surface area contributed by atoms with Crippen LogP contribution in [0.2, 0.25) is 0 Å². The fourth-order valence-corrected chi connectivity index (χ4v) is 21.8. The summed E-state index contributed by atoms with van der Waals surface area (Å²) in [4.78, 5) is 60.9. The number of fused-ring (bicyclic) bond motifs is 8. The van der Waals surface area contributed by atoms with E-state index in [2.05, 4.69) is 191 Å². The molecule has 25 rings (SSSR count). The molecule has 21 aromatic rings. The highest BCUT2D eigenvalue weighted by atomic mass is 32.2. The van der Waals surface area contributed by atoms with Crippen molar-refractivity contribution in [2.24, 2.45) is 12.0 Å². The predicted molar refractivity (Wildman–Crippen MR) is 550 cm³/mol. The number of benzene rings is 9. The van der Waals surface area contributed by atoms with Crippen LogP contribution in [0.1, 0.15) is 154 Å². The van der Waals surface area contributed by atoms with E-state index >= 15 is 0 Å². The van der Waals surface area contributed by atoms with Gasteiger partial charge in [0.15, 0.2) is 0 Å². The average Bonchev–Trinajstić information content (AvgIpc) is 1.56. The van der Waals surface area contributed by atoms with Gasteiger partial charge in [0.2, 0.25) is 21.9 Å². The van der Waals surface area contributed by atoms with Crippen molar-refractivity contribution in [3.05, 3.63) is 266 Å². The second-order valence-corrected chi connectivity index (χ2v) is 39.6. The van der Waals surface area contributed by atoms with Crippen LogP contribution in [0, 0.1) is 111 Å². The molecule has 9 aromatic carbocycles. The van der Waals surface area contributed by atoms with E-state index < -0.39 is 21.9 Å². The van der Waals surface area contributed by atoms with E-state index in [1.54, 1.807) is 6.20 Å². The van der Waals surface area contributed by atoms with E-state index in [1.165, 1.54) is 21.9 Å². The molecule has 0 radical (unpaired) electrons. The Morgan fingerprint density at radius 1 is 0.444 bits per heavy atom. The summed E-state index contributed by atoms with van der Waals surface area (Å²) < 4.78 is 83.9. The van der Waals surface area contributed by atoms with Crippen molar-refractivity contribution in [3.8, 4) is 100 Å². The highest BCUT2D eigenvalue weighted by Gasteiger charge is 2.59. The van der Waals surface area contributed by atoms with E-state index in [-0.39, 0.29) is 23.5 Å². The first-order valence-corrected chi connectivity index (χ1v) is 48.7. The van der Waals surface area contributed by atoms with Gasteiger partial charge >= 0.3 is 0 Å². The number of imidazole rings is 5. The predicted octanol–water partition coefficient (Wildman–Crippen LogP) is 25.3. The zero-order chi connectivity index (χ0) is 99.2. The lowest BCUT2D eigenvalue weighted by Gasteiger charge is -2.20. The standard InChI is InChI=1S/C25H23N5O3S.C24H21N3O.C22H20N4O2.C21H20F2N4O.C18H19N5O/c1-13-6-9-20-18(5-4-10-26-20)22(13)19-11-16(23-14(2)29-33-15(23)3)12-21-24(19)28-25(27-21)30-34(31,32)17-7-8-17;1-13-9-10-17-7-5-6-8-19(17)22(13)20-11-18(23-14(2)27-28-15(23)3)12-21-24(20)26-16(4)25-21;1-11-21(12(2)28-26-11)14-9-17(22-19(10-14)23-13(3)24-22)15-5-4-6-18-16(15)7-8-20(27)25-18;1-9-8-24-10(2)17(9)14-5-13(18-11(3)27-28-12(18)4)6-16-19(14)26-20(25-16)15-7-21(15,22)23;1-9-8-19-23(5)18(9)14-6-13(16-10(2)22-24-11(16)3)7-15-17(14)21-12(4)20-15/h4-6,9-12,17H,7-8H2,1-3H3,(H2,27,28,30);5-12H,1-4H3,(H,25,26);4-6,9-10H,7-8H2,1-3H3,(H,23,24)(H,25,27);5-6,15H,7-8H2,1-4H3,(H,25,26);6-8H,1-5H3,(H,20,21). The van der Waals surface area contributed by atoms with Crippen molar-refractivity contribution in [2.75, 3.05) is 16.6 Å². The van der Waals surface area contributed by atoms with Gasteiger partial charge in [-0.15, -0.1) is 0 Å². The Balaban J connectivity index is 0.000000105. The van der Waals surface area contributed by atoms with E-state index in [0.717, 1.165) is 270 Å². The number of carbonyl (C=O) groups excluding carboxylic acids is 1. The molecule has 142 heavy (non-hydrogen) atoms. The molecule has 29 nitrogen and oxygen atoms in total. The van der Waals surface area contributed by atoms with Gasteiger partial charge in [-0.05, 0) is 306 Å². The maximum Gasteiger partial charge on any atom is 0.259 e. The number of anilines is 2. The first-order chi connectivity index (χ1) is 68.1. The summed E-state index contributed by atoms with van der Waals surface area (Å²) in [7, 11) is -1.50. The van der Waals surface area contributed by atoms with Gasteiger partial charge in [0.05, 0.1) is 119 Å². The summed E-state index contributed by atoms with van der Waals surface area (Å²) in [5.74, 6) is 3.67. The fourth-order valence-electron chi connectivity index (χ4n) is 20.5. The highest BCUT2D eigenvalue weighted by Crippen LogP contribution is 2.56. The molecule has 2 aliphatic heterocycles. The third-order valence-corrected chi connectivity index (χ3v) is 29.1. The Labute approximate surface area is 814 Å². The van der Waals surface area contributed by atoms with Gasteiger partial charge in [-0.3, -0.25) is 24.2 Å². The zero-order valence-corrected chi connectivity index (χ0v) is 82.8. The number of aromatic amines is 5. The Morgan fingerprint density at radius 3 is 1.38 bits per heavy atom. The molecule has 7 N–H and O–H groups in total. The number of pyridine rings is 1. The molecule has 0 bridgehead atoms. The summed E-state index contributed by atoms with van der Waals surface area (Å²) in [5.41, 5.74) is 41.8. The third kappa shape index (κ3) is 16.8. The van der Waals surface area contributed by atoms with Crippen molar-refractivity contribution < 1.29 is 44.6 Å². The average molecular weight is 1920 g/mol. The Morgan fingerprint density at radius 2 is 0.894 bits per heavy atom. The molecule has 32 heteroatoms. The van der Waals surface area contributed by atoms with Gasteiger partial charge in [0, 0.05) is 104 Å². The van der Waals surface area contributed by atoms with Crippen molar-refractivity contribution >= 4 is 116 Å². The number of H-pyrrole nitrogens is 5. The number of carbonyl (C=O) groups is 1. The number of alkyl halides is 2. The van der Waals surface area contributed by atoms with Gasteiger partial charge in [-0.2, -0.15) is 5.10 Å². The summed E-state index contributed by atoms with van der Waals surface area (Å²) in [6.07, 6.45) is 6.08. The second kappa shape index (κ2) is 35.6. The van der Waals surface area contributed by atoms with Crippen LogP contribution in [0.15, 0.2) is 185 Å². The van der Waals surface area contributed by atoms with E-state index in [0.29, 0.717) is 48.4 Å². The van der Waals surface area contributed by atoms with Crippen LogP contribution >= 0.6 is 0 Å². The number of hydrogen-bond acceptors (Lipinski definition) is 21. The van der Waals surface area contributed by atoms with Gasteiger partial charge in [-0.1, -0.05) is 86.4 Å². The molecule has 2 fully saturated rings. The smallest absolute Gasteiger partial charge is 0.259 e. The first kappa shape index (κ1) is 92.1. The minimum Gasteiger partial charge on any atom is -0.361 e. The van der Waals surface area contributed by atoms with Gasteiger partial charge in [-0.25, -0.2) is 42.1 Å². The largest absolute Gasteiger partial charge is 0.361 e. The molecule has 0 saturated heterocycles. The number of aromatic nitrogens is 18. The molecular formula is C110H103F2N21O8S. The summed E-state index contributed by atoms with van der Waals surface area (Å²) >= 11 is 0. The Hall–Kier alpha value is -16.3. The third-order valence-electron chi connectivity index (χ3n) is 27.3. The lowest BCUT2D eigenvalue weighted by molar-refractivity contribution is -0.116. The fraction of sp³-hybridized carbons (Fsp3) is 0.255.